The normalized spacial score (nSPS) is 14.5. The van der Waals surface area contributed by atoms with Crippen LogP contribution < -0.4 is 10.6 Å². The number of amides is 4. The van der Waals surface area contributed by atoms with Gasteiger partial charge in [0.05, 0.1) is 12.5 Å². The van der Waals surface area contributed by atoms with Gasteiger partial charge in [-0.15, -0.1) is 11.3 Å². The molecule has 0 spiro atoms. The number of carbonyl (C=O) groups excluding carboxylic acids is 6. The van der Waals surface area contributed by atoms with Crippen molar-refractivity contribution in [3.8, 4) is 0 Å². The van der Waals surface area contributed by atoms with Gasteiger partial charge in [-0.25, -0.2) is 14.6 Å². The fraction of sp³-hybridized carbons (Fsp3) is 0.615. The van der Waals surface area contributed by atoms with Crippen LogP contribution in [0.4, 0.5) is 4.79 Å². The molecule has 1 aromatic carbocycles. The average Bonchev–Trinajstić information content (AvgIpc) is 3.55. The van der Waals surface area contributed by atoms with Gasteiger partial charge in [-0.1, -0.05) is 51.1 Å². The lowest BCUT2D eigenvalue weighted by Gasteiger charge is -2.37. The third kappa shape index (κ3) is 14.4. The van der Waals surface area contributed by atoms with Crippen LogP contribution in [0, 0.1) is 5.92 Å². The molecule has 54 heavy (non-hydrogen) atoms. The zero-order chi connectivity index (χ0) is 41.1. The molecule has 1 aromatic heterocycles. The number of rotatable bonds is 16. The molecule has 2 rings (SSSR count). The molecule has 0 unspecified atom stereocenters. The molecule has 300 valence electrons. The lowest BCUT2D eigenvalue weighted by Crippen LogP contribution is -2.57. The zero-order valence-corrected chi connectivity index (χ0v) is 34.8. The van der Waals surface area contributed by atoms with Crippen LogP contribution in [0.3, 0.4) is 0 Å². The van der Waals surface area contributed by atoms with E-state index in [4.69, 9.17) is 14.2 Å². The molecule has 0 aliphatic heterocycles. The van der Waals surface area contributed by atoms with Crippen molar-refractivity contribution in [1.29, 1.82) is 0 Å². The molecule has 0 radical (unpaired) electrons. The van der Waals surface area contributed by atoms with Gasteiger partial charge in [0.1, 0.15) is 34.0 Å². The van der Waals surface area contributed by atoms with Gasteiger partial charge in [0.2, 0.25) is 5.91 Å². The molecule has 2 N–H and O–H groups in total. The van der Waals surface area contributed by atoms with E-state index in [0.29, 0.717) is 11.4 Å². The Morgan fingerprint density at radius 2 is 1.43 bits per heavy atom. The van der Waals surface area contributed by atoms with Gasteiger partial charge < -0.3 is 34.6 Å². The third-order valence-electron chi connectivity index (χ3n) is 8.17. The van der Waals surface area contributed by atoms with Crippen LogP contribution in [-0.2, 0) is 39.8 Å². The molecule has 2 aromatic rings. The van der Waals surface area contributed by atoms with Gasteiger partial charge in [-0.3, -0.25) is 19.2 Å². The predicted octanol–water partition coefficient (Wildman–Crippen LogP) is 5.45. The van der Waals surface area contributed by atoms with Gasteiger partial charge in [-0.2, -0.15) is 0 Å². The Labute approximate surface area is 323 Å². The molecule has 0 aliphatic rings. The minimum Gasteiger partial charge on any atom is -0.458 e. The lowest BCUT2D eigenvalue weighted by atomic mass is 9.98. The van der Waals surface area contributed by atoms with Crippen LogP contribution in [0.1, 0.15) is 116 Å². The van der Waals surface area contributed by atoms with E-state index in [1.807, 2.05) is 30.3 Å². The Kier molecular flexibility index (Phi) is 16.6. The van der Waals surface area contributed by atoms with Crippen molar-refractivity contribution in [3.63, 3.8) is 0 Å². The fourth-order valence-electron chi connectivity index (χ4n) is 5.46. The number of hydrogen-bond donors (Lipinski definition) is 2. The van der Waals surface area contributed by atoms with Gasteiger partial charge in [0.25, 0.3) is 11.8 Å². The second-order valence-electron chi connectivity index (χ2n) is 15.7. The van der Waals surface area contributed by atoms with Crippen LogP contribution in [0.2, 0.25) is 0 Å². The molecule has 1 heterocycles. The molecule has 0 saturated carbocycles. The largest absolute Gasteiger partial charge is 0.458 e. The van der Waals surface area contributed by atoms with E-state index in [2.05, 4.69) is 15.6 Å². The van der Waals surface area contributed by atoms with E-state index in [0.717, 1.165) is 5.56 Å². The first-order valence-electron chi connectivity index (χ1n) is 18.2. The second-order valence-corrected chi connectivity index (χ2v) is 16.6. The highest BCUT2D eigenvalue weighted by atomic mass is 32.1. The van der Waals surface area contributed by atoms with E-state index in [9.17, 15) is 28.8 Å². The number of alkyl carbamates (subject to hydrolysis) is 1. The third-order valence-corrected chi connectivity index (χ3v) is 9.20. The molecule has 0 bridgehead atoms. The summed E-state index contributed by atoms with van der Waals surface area (Å²) in [5.41, 5.74) is -0.500. The number of carbonyl (C=O) groups is 6. The second kappa shape index (κ2) is 19.7. The number of benzene rings is 1. The van der Waals surface area contributed by atoms with E-state index >= 15 is 0 Å². The maximum absolute atomic E-state index is 14.1. The summed E-state index contributed by atoms with van der Waals surface area (Å²) in [4.78, 5) is 86.2. The number of nitrogens with zero attached hydrogens (tertiary/aromatic N) is 3. The van der Waals surface area contributed by atoms with Crippen LogP contribution in [0.5, 0.6) is 0 Å². The highest BCUT2D eigenvalue weighted by molar-refractivity contribution is 7.09. The number of likely N-dealkylation sites (N-methyl/N-ethyl adjacent to an activating group) is 2. The molecule has 4 amide bonds. The maximum atomic E-state index is 14.1. The molecule has 0 saturated heterocycles. The summed E-state index contributed by atoms with van der Waals surface area (Å²) in [7, 11) is 2.98. The zero-order valence-electron chi connectivity index (χ0n) is 34.0. The predicted molar refractivity (Wildman–Crippen MR) is 206 cm³/mol. The smallest absolute Gasteiger partial charge is 0.408 e. The van der Waals surface area contributed by atoms with Crippen molar-refractivity contribution in [1.82, 2.24) is 25.4 Å². The molecule has 15 heteroatoms. The monoisotopic (exact) mass is 773 g/mol. The number of esters is 2. The number of hydrogen-bond acceptors (Lipinski definition) is 11. The summed E-state index contributed by atoms with van der Waals surface area (Å²) < 4.78 is 16.5. The maximum Gasteiger partial charge on any atom is 0.408 e. The number of ether oxygens (including phenoxy) is 3. The molecular weight excluding hydrogens is 715 g/mol. The topological polar surface area (TPSA) is 174 Å². The summed E-state index contributed by atoms with van der Waals surface area (Å²) >= 11 is 1.20. The summed E-state index contributed by atoms with van der Waals surface area (Å²) in [5, 5.41) is 7.53. The minimum absolute atomic E-state index is 0.122. The van der Waals surface area contributed by atoms with Gasteiger partial charge in [0, 0.05) is 31.9 Å². The SMILES string of the molecule is CC[C@@H](CC(=O)O[C@@H](C)C(=O)N(C)[C@H](C(=O)N(C)[C@@H](Cc1ccccc1)C(=O)OC(C)(C)C)C(C)C)NC(=O)c1csc([C@H](C)NC(=O)OC(C)(C)C)n1. The van der Waals surface area contributed by atoms with E-state index in [1.165, 1.54) is 42.2 Å². The summed E-state index contributed by atoms with van der Waals surface area (Å²) in [6.07, 6.45) is -1.49. The quantitative estimate of drug-likeness (QED) is 0.165. The van der Waals surface area contributed by atoms with Crippen LogP contribution >= 0.6 is 11.3 Å². The summed E-state index contributed by atoms with van der Waals surface area (Å²) in [5.74, 6) is -3.25. The minimum atomic E-state index is -1.25. The van der Waals surface area contributed by atoms with E-state index in [1.54, 1.807) is 74.6 Å². The first kappa shape index (κ1) is 45.6. The van der Waals surface area contributed by atoms with Crippen molar-refractivity contribution >= 4 is 47.1 Å². The summed E-state index contributed by atoms with van der Waals surface area (Å²) in [6, 6.07) is 6.19. The van der Waals surface area contributed by atoms with Gasteiger partial charge in [-0.05, 0) is 73.3 Å². The van der Waals surface area contributed by atoms with Crippen molar-refractivity contribution in [2.75, 3.05) is 14.1 Å². The van der Waals surface area contributed by atoms with Crippen molar-refractivity contribution in [2.45, 2.75) is 137 Å². The standard InChI is InChI=1S/C39H59N5O9S/c1-14-27(41-32(46)28-22-54-33(42-28)24(4)40-37(50)53-39(9,10)11)21-30(45)51-25(5)34(47)44(13)31(23(2)3)35(48)43(12)29(36(49)52-38(6,7)8)20-26-18-16-15-17-19-26/h15-19,22-25,27,29,31H,14,20-21H2,1-13H3,(H,40,50)(H,41,46)/t24-,25-,27-,29-,31-/m0/s1. The Bertz CT molecular complexity index is 1600. The Morgan fingerprint density at radius 1 is 0.833 bits per heavy atom. The molecular formula is C39H59N5O9S. The lowest BCUT2D eigenvalue weighted by molar-refractivity contribution is -0.167. The Hall–Kier alpha value is -4.53. The van der Waals surface area contributed by atoms with Crippen LogP contribution in [0.15, 0.2) is 35.7 Å². The molecule has 5 atom stereocenters. The van der Waals surface area contributed by atoms with Gasteiger partial charge >= 0.3 is 18.0 Å². The van der Waals surface area contributed by atoms with Crippen LogP contribution in [-0.4, -0.2) is 100 Å². The molecule has 14 nitrogen and oxygen atoms in total. The number of thiazole rings is 1. The van der Waals surface area contributed by atoms with Crippen molar-refractivity contribution in [2.24, 2.45) is 5.92 Å². The Balaban J connectivity index is 2.09. The van der Waals surface area contributed by atoms with Gasteiger partial charge in [0.15, 0.2) is 6.10 Å². The van der Waals surface area contributed by atoms with Crippen molar-refractivity contribution < 1.29 is 43.0 Å². The average molecular weight is 774 g/mol. The highest BCUT2D eigenvalue weighted by Gasteiger charge is 2.39. The molecule has 0 aliphatic carbocycles. The highest BCUT2D eigenvalue weighted by Crippen LogP contribution is 2.22. The van der Waals surface area contributed by atoms with E-state index in [-0.39, 0.29) is 24.5 Å². The first-order chi connectivity index (χ1) is 24.9. The fourth-order valence-corrected chi connectivity index (χ4v) is 6.27. The Morgan fingerprint density at radius 3 is 1.96 bits per heavy atom. The van der Waals surface area contributed by atoms with Crippen LogP contribution in [0.25, 0.3) is 0 Å². The number of aromatic nitrogens is 1. The van der Waals surface area contributed by atoms with Crippen molar-refractivity contribution in [3.05, 3.63) is 52.0 Å². The summed E-state index contributed by atoms with van der Waals surface area (Å²) in [6.45, 7) is 19.0. The van der Waals surface area contributed by atoms with E-state index < -0.39 is 77.2 Å². The number of nitrogens with one attached hydrogen (secondary N) is 2. The molecule has 0 fully saturated rings. The first-order valence-corrected chi connectivity index (χ1v) is 19.1.